The highest BCUT2D eigenvalue weighted by Gasteiger charge is 2.51. The molecule has 0 amide bonds. The van der Waals surface area contributed by atoms with E-state index in [0.717, 1.165) is 18.4 Å². The third-order valence-corrected chi connectivity index (χ3v) is 3.76. The SMILES string of the molecule is CC(O)(Cc1cccc(O)c1)C1(C)CC1. The van der Waals surface area contributed by atoms with E-state index in [0.29, 0.717) is 6.42 Å². The van der Waals surface area contributed by atoms with Crippen LogP contribution < -0.4 is 0 Å². The molecular formula is C13H18O2. The minimum atomic E-state index is -0.666. The Hall–Kier alpha value is -1.02. The molecular weight excluding hydrogens is 188 g/mol. The molecule has 2 rings (SSSR count). The molecule has 0 radical (unpaired) electrons. The predicted octanol–water partition coefficient (Wildman–Crippen LogP) is 2.49. The van der Waals surface area contributed by atoms with E-state index < -0.39 is 5.60 Å². The summed E-state index contributed by atoms with van der Waals surface area (Å²) < 4.78 is 0. The third-order valence-electron chi connectivity index (χ3n) is 3.76. The molecule has 1 aromatic carbocycles. The first-order chi connectivity index (χ1) is 6.93. The van der Waals surface area contributed by atoms with E-state index >= 15 is 0 Å². The van der Waals surface area contributed by atoms with Crippen LogP contribution >= 0.6 is 0 Å². The van der Waals surface area contributed by atoms with Crippen LogP contribution in [0.5, 0.6) is 5.75 Å². The zero-order chi connectivity index (χ0) is 11.1. The Bertz CT molecular complexity index is 365. The van der Waals surface area contributed by atoms with E-state index in [1.807, 2.05) is 19.1 Å². The van der Waals surface area contributed by atoms with E-state index in [1.54, 1.807) is 12.1 Å². The van der Waals surface area contributed by atoms with Gasteiger partial charge in [0.2, 0.25) is 0 Å². The minimum absolute atomic E-state index is 0.0679. The Morgan fingerprint density at radius 3 is 2.60 bits per heavy atom. The first-order valence-electron chi connectivity index (χ1n) is 5.43. The minimum Gasteiger partial charge on any atom is -0.508 e. The molecule has 1 fully saturated rings. The maximum Gasteiger partial charge on any atom is 0.115 e. The Labute approximate surface area is 90.6 Å². The molecule has 1 saturated carbocycles. The van der Waals surface area contributed by atoms with Gasteiger partial charge in [-0.05, 0) is 42.9 Å². The van der Waals surface area contributed by atoms with Crippen LogP contribution in [0.4, 0.5) is 0 Å². The lowest BCUT2D eigenvalue weighted by Gasteiger charge is -2.30. The topological polar surface area (TPSA) is 40.5 Å². The molecule has 0 saturated heterocycles. The van der Waals surface area contributed by atoms with Gasteiger partial charge in [0.1, 0.15) is 5.75 Å². The lowest BCUT2D eigenvalue weighted by atomic mass is 9.82. The molecule has 15 heavy (non-hydrogen) atoms. The van der Waals surface area contributed by atoms with Crippen molar-refractivity contribution in [2.75, 3.05) is 0 Å². The molecule has 0 spiro atoms. The van der Waals surface area contributed by atoms with Crippen molar-refractivity contribution < 1.29 is 10.2 Å². The fourth-order valence-electron chi connectivity index (χ4n) is 2.00. The number of benzene rings is 1. The molecule has 82 valence electrons. The van der Waals surface area contributed by atoms with Crippen molar-refractivity contribution in [1.29, 1.82) is 0 Å². The summed E-state index contributed by atoms with van der Waals surface area (Å²) in [4.78, 5) is 0. The van der Waals surface area contributed by atoms with E-state index in [1.165, 1.54) is 0 Å². The molecule has 0 aromatic heterocycles. The standard InChI is InChI=1S/C13H18O2/c1-12(6-7-12)13(2,15)9-10-4-3-5-11(14)8-10/h3-5,8,14-15H,6-7,9H2,1-2H3. The van der Waals surface area contributed by atoms with Gasteiger partial charge in [0.15, 0.2) is 0 Å². The maximum atomic E-state index is 10.4. The first-order valence-corrected chi connectivity index (χ1v) is 5.43. The first kappa shape index (κ1) is 10.5. The molecule has 2 heteroatoms. The average Bonchev–Trinajstić information content (AvgIpc) is 2.84. The summed E-state index contributed by atoms with van der Waals surface area (Å²) in [6.45, 7) is 4.01. The summed E-state index contributed by atoms with van der Waals surface area (Å²) in [6, 6.07) is 7.13. The van der Waals surface area contributed by atoms with Crippen LogP contribution in [0.3, 0.4) is 0 Å². The Morgan fingerprint density at radius 2 is 2.07 bits per heavy atom. The van der Waals surface area contributed by atoms with Gasteiger partial charge >= 0.3 is 0 Å². The summed E-state index contributed by atoms with van der Waals surface area (Å²) in [5, 5.41) is 19.7. The molecule has 1 aliphatic carbocycles. The number of hydrogen-bond donors (Lipinski definition) is 2. The zero-order valence-electron chi connectivity index (χ0n) is 9.33. The lowest BCUT2D eigenvalue weighted by Crippen LogP contribution is -2.36. The highest BCUT2D eigenvalue weighted by molar-refractivity contribution is 5.29. The van der Waals surface area contributed by atoms with Gasteiger partial charge in [0, 0.05) is 6.42 Å². The van der Waals surface area contributed by atoms with E-state index in [9.17, 15) is 10.2 Å². The van der Waals surface area contributed by atoms with Crippen molar-refractivity contribution in [3.05, 3.63) is 29.8 Å². The van der Waals surface area contributed by atoms with Gasteiger partial charge in [0.05, 0.1) is 5.60 Å². The van der Waals surface area contributed by atoms with Crippen LogP contribution in [-0.2, 0) is 6.42 Å². The third kappa shape index (κ3) is 2.00. The van der Waals surface area contributed by atoms with Crippen LogP contribution in [0, 0.1) is 5.41 Å². The number of aromatic hydroxyl groups is 1. The number of aliphatic hydroxyl groups is 1. The van der Waals surface area contributed by atoms with Gasteiger partial charge in [-0.15, -0.1) is 0 Å². The summed E-state index contributed by atoms with van der Waals surface area (Å²) in [5.41, 5.74) is 0.396. The molecule has 2 nitrogen and oxygen atoms in total. The summed E-state index contributed by atoms with van der Waals surface area (Å²) in [6.07, 6.45) is 2.80. The van der Waals surface area contributed by atoms with E-state index in [2.05, 4.69) is 6.92 Å². The second-order valence-corrected chi connectivity index (χ2v) is 5.18. The van der Waals surface area contributed by atoms with Gasteiger partial charge in [-0.25, -0.2) is 0 Å². The van der Waals surface area contributed by atoms with Gasteiger partial charge < -0.3 is 10.2 Å². The molecule has 1 atom stereocenters. The van der Waals surface area contributed by atoms with Gasteiger partial charge in [-0.1, -0.05) is 19.1 Å². The van der Waals surface area contributed by atoms with Crippen molar-refractivity contribution >= 4 is 0 Å². The van der Waals surface area contributed by atoms with Crippen molar-refractivity contribution in [2.24, 2.45) is 5.41 Å². The monoisotopic (exact) mass is 206 g/mol. The molecule has 2 N–H and O–H groups in total. The number of phenolic OH excluding ortho intramolecular Hbond substituents is 1. The smallest absolute Gasteiger partial charge is 0.115 e. The largest absolute Gasteiger partial charge is 0.508 e. The van der Waals surface area contributed by atoms with Crippen molar-refractivity contribution in [3.63, 3.8) is 0 Å². The zero-order valence-corrected chi connectivity index (χ0v) is 9.33. The highest BCUT2D eigenvalue weighted by atomic mass is 16.3. The van der Waals surface area contributed by atoms with Gasteiger partial charge in [0.25, 0.3) is 0 Å². The lowest BCUT2D eigenvalue weighted by molar-refractivity contribution is -0.00703. The quantitative estimate of drug-likeness (QED) is 0.797. The van der Waals surface area contributed by atoms with Crippen LogP contribution in [0.2, 0.25) is 0 Å². The number of hydrogen-bond acceptors (Lipinski definition) is 2. The average molecular weight is 206 g/mol. The fraction of sp³-hybridized carbons (Fsp3) is 0.538. The van der Waals surface area contributed by atoms with Crippen molar-refractivity contribution in [3.8, 4) is 5.75 Å². The fourth-order valence-corrected chi connectivity index (χ4v) is 2.00. The Kier molecular flexibility index (Phi) is 2.27. The normalized spacial score (nSPS) is 22.1. The van der Waals surface area contributed by atoms with Crippen LogP contribution in [0.25, 0.3) is 0 Å². The van der Waals surface area contributed by atoms with Crippen LogP contribution in [-0.4, -0.2) is 15.8 Å². The maximum absolute atomic E-state index is 10.4. The van der Waals surface area contributed by atoms with Crippen molar-refractivity contribution in [1.82, 2.24) is 0 Å². The molecule has 1 aromatic rings. The molecule has 1 unspecified atom stereocenters. The summed E-state index contributed by atoms with van der Waals surface area (Å²) >= 11 is 0. The van der Waals surface area contributed by atoms with E-state index in [-0.39, 0.29) is 11.2 Å². The molecule has 0 heterocycles. The summed E-state index contributed by atoms with van der Waals surface area (Å²) in [7, 11) is 0. The van der Waals surface area contributed by atoms with E-state index in [4.69, 9.17) is 0 Å². The number of phenols is 1. The second-order valence-electron chi connectivity index (χ2n) is 5.18. The molecule has 0 aliphatic heterocycles. The summed E-state index contributed by atoms with van der Waals surface area (Å²) in [5.74, 6) is 0.268. The highest BCUT2D eigenvalue weighted by Crippen LogP contribution is 2.54. The molecule has 1 aliphatic rings. The van der Waals surface area contributed by atoms with Gasteiger partial charge in [-0.2, -0.15) is 0 Å². The van der Waals surface area contributed by atoms with Crippen molar-refractivity contribution in [2.45, 2.75) is 38.7 Å². The Morgan fingerprint density at radius 1 is 1.40 bits per heavy atom. The van der Waals surface area contributed by atoms with Crippen LogP contribution in [0.1, 0.15) is 32.3 Å². The molecule has 0 bridgehead atoms. The van der Waals surface area contributed by atoms with Gasteiger partial charge in [-0.3, -0.25) is 0 Å². The second kappa shape index (κ2) is 3.24. The predicted molar refractivity (Wildman–Crippen MR) is 59.8 cm³/mol. The number of rotatable bonds is 3. The van der Waals surface area contributed by atoms with Crippen LogP contribution in [0.15, 0.2) is 24.3 Å². The Balaban J connectivity index is 2.14.